The third-order valence-electron chi connectivity index (χ3n) is 3.90. The van der Waals surface area contributed by atoms with E-state index < -0.39 is 5.82 Å². The Balaban J connectivity index is 1.73. The lowest BCUT2D eigenvalue weighted by molar-refractivity contribution is -0.116. The number of piperidine rings is 1. The molecule has 0 spiro atoms. The van der Waals surface area contributed by atoms with Crippen molar-refractivity contribution < 1.29 is 14.3 Å². The van der Waals surface area contributed by atoms with Crippen LogP contribution in [0.5, 0.6) is 0 Å². The molecule has 0 aromatic heterocycles. The van der Waals surface area contributed by atoms with Gasteiger partial charge in [-0.05, 0) is 50.0 Å². The van der Waals surface area contributed by atoms with E-state index in [0.29, 0.717) is 24.6 Å². The van der Waals surface area contributed by atoms with Gasteiger partial charge in [0.15, 0.2) is 0 Å². The summed E-state index contributed by atoms with van der Waals surface area (Å²) in [6.45, 7) is 2.78. The Kier molecular flexibility index (Phi) is 5.52. The zero-order chi connectivity index (χ0) is 15.2. The van der Waals surface area contributed by atoms with Crippen molar-refractivity contribution in [3.8, 4) is 0 Å². The van der Waals surface area contributed by atoms with Crippen LogP contribution in [0.1, 0.15) is 19.3 Å². The van der Waals surface area contributed by atoms with Crippen molar-refractivity contribution in [3.05, 3.63) is 24.0 Å². The lowest BCUT2D eigenvalue weighted by atomic mass is 9.98. The average Bonchev–Trinajstić information content (AvgIpc) is 2.49. The van der Waals surface area contributed by atoms with Crippen molar-refractivity contribution in [2.75, 3.05) is 37.3 Å². The quantitative estimate of drug-likeness (QED) is 0.718. The first-order valence-electron chi connectivity index (χ1n) is 7.26. The SMILES string of the molecule is Nc1cc(NC(=O)CCN2CCC(CO)CC2)ccc1F. The number of aliphatic hydroxyl groups excluding tert-OH is 1. The highest BCUT2D eigenvalue weighted by Gasteiger charge is 2.18. The third-order valence-corrected chi connectivity index (χ3v) is 3.90. The largest absolute Gasteiger partial charge is 0.396 e. The molecule has 0 bridgehead atoms. The van der Waals surface area contributed by atoms with E-state index in [1.165, 1.54) is 18.2 Å². The fourth-order valence-electron chi connectivity index (χ4n) is 2.50. The molecule has 1 amide bonds. The smallest absolute Gasteiger partial charge is 0.225 e. The minimum absolute atomic E-state index is 0.0267. The van der Waals surface area contributed by atoms with E-state index in [1.54, 1.807) is 0 Å². The minimum atomic E-state index is -0.486. The van der Waals surface area contributed by atoms with Gasteiger partial charge in [0.2, 0.25) is 5.91 Å². The van der Waals surface area contributed by atoms with Crippen LogP contribution in [0, 0.1) is 11.7 Å². The lowest BCUT2D eigenvalue weighted by Crippen LogP contribution is -2.36. The van der Waals surface area contributed by atoms with E-state index in [4.69, 9.17) is 10.8 Å². The Labute approximate surface area is 123 Å². The molecule has 1 saturated heterocycles. The van der Waals surface area contributed by atoms with E-state index in [-0.39, 0.29) is 18.2 Å². The van der Waals surface area contributed by atoms with Crippen molar-refractivity contribution in [1.82, 2.24) is 4.90 Å². The summed E-state index contributed by atoms with van der Waals surface area (Å²) >= 11 is 0. The Morgan fingerprint density at radius 1 is 1.43 bits per heavy atom. The number of benzene rings is 1. The van der Waals surface area contributed by atoms with Gasteiger partial charge in [-0.1, -0.05) is 0 Å². The number of hydrogen-bond donors (Lipinski definition) is 3. The van der Waals surface area contributed by atoms with Crippen LogP contribution in [0.4, 0.5) is 15.8 Å². The minimum Gasteiger partial charge on any atom is -0.396 e. The summed E-state index contributed by atoms with van der Waals surface area (Å²) in [7, 11) is 0. The van der Waals surface area contributed by atoms with E-state index in [0.717, 1.165) is 25.9 Å². The fraction of sp³-hybridized carbons (Fsp3) is 0.533. The highest BCUT2D eigenvalue weighted by Crippen LogP contribution is 2.18. The molecular weight excluding hydrogens is 273 g/mol. The zero-order valence-corrected chi connectivity index (χ0v) is 12.0. The summed E-state index contributed by atoms with van der Waals surface area (Å²) in [4.78, 5) is 14.1. The predicted octanol–water partition coefficient (Wildman–Crippen LogP) is 1.44. The van der Waals surface area contributed by atoms with Gasteiger partial charge in [-0.3, -0.25) is 4.79 Å². The second kappa shape index (κ2) is 7.38. The molecule has 0 atom stereocenters. The van der Waals surface area contributed by atoms with Crippen LogP contribution in [0.3, 0.4) is 0 Å². The molecule has 1 aliphatic rings. The fourth-order valence-corrected chi connectivity index (χ4v) is 2.50. The number of likely N-dealkylation sites (tertiary alicyclic amines) is 1. The monoisotopic (exact) mass is 295 g/mol. The van der Waals surface area contributed by atoms with Gasteiger partial charge in [0.05, 0.1) is 5.69 Å². The topological polar surface area (TPSA) is 78.6 Å². The van der Waals surface area contributed by atoms with Gasteiger partial charge >= 0.3 is 0 Å². The molecule has 1 aliphatic heterocycles. The molecule has 4 N–H and O–H groups in total. The summed E-state index contributed by atoms with van der Waals surface area (Å²) in [5.41, 5.74) is 6.00. The molecular formula is C15H22FN3O2. The molecule has 0 aliphatic carbocycles. The molecule has 1 heterocycles. The number of anilines is 2. The van der Waals surface area contributed by atoms with Gasteiger partial charge in [0.1, 0.15) is 5.82 Å². The first kappa shape index (κ1) is 15.7. The molecule has 21 heavy (non-hydrogen) atoms. The average molecular weight is 295 g/mol. The second-order valence-corrected chi connectivity index (χ2v) is 5.50. The molecule has 0 unspecified atom stereocenters. The summed E-state index contributed by atoms with van der Waals surface area (Å²) in [6.07, 6.45) is 2.35. The molecule has 116 valence electrons. The van der Waals surface area contributed by atoms with Crippen LogP contribution >= 0.6 is 0 Å². The van der Waals surface area contributed by atoms with Gasteiger partial charge < -0.3 is 21.1 Å². The van der Waals surface area contributed by atoms with Crippen LogP contribution in [-0.2, 0) is 4.79 Å². The van der Waals surface area contributed by atoms with Crippen molar-refractivity contribution in [2.45, 2.75) is 19.3 Å². The van der Waals surface area contributed by atoms with Crippen LogP contribution in [0.25, 0.3) is 0 Å². The zero-order valence-electron chi connectivity index (χ0n) is 12.0. The molecule has 0 radical (unpaired) electrons. The van der Waals surface area contributed by atoms with Crippen molar-refractivity contribution in [2.24, 2.45) is 5.92 Å². The highest BCUT2D eigenvalue weighted by atomic mass is 19.1. The molecule has 2 rings (SSSR count). The third kappa shape index (κ3) is 4.68. The molecule has 1 aromatic carbocycles. The maximum atomic E-state index is 13.0. The van der Waals surface area contributed by atoms with Crippen LogP contribution < -0.4 is 11.1 Å². The standard InChI is InChI=1S/C15H22FN3O2/c16-13-2-1-12(9-14(13)17)18-15(21)5-8-19-6-3-11(10-20)4-7-19/h1-2,9,11,20H,3-8,10,17H2,(H,18,21). The number of nitrogens with one attached hydrogen (secondary N) is 1. The molecule has 0 saturated carbocycles. The summed E-state index contributed by atoms with van der Waals surface area (Å²) in [5, 5.41) is 11.8. The molecule has 6 heteroatoms. The van der Waals surface area contributed by atoms with Gasteiger partial charge in [0, 0.05) is 25.3 Å². The lowest BCUT2D eigenvalue weighted by Gasteiger charge is -2.30. The Morgan fingerprint density at radius 3 is 2.76 bits per heavy atom. The Morgan fingerprint density at radius 2 is 2.14 bits per heavy atom. The Hall–Kier alpha value is -1.66. The molecule has 1 aromatic rings. The first-order chi connectivity index (χ1) is 10.1. The number of amides is 1. The van der Waals surface area contributed by atoms with E-state index in [1.807, 2.05) is 0 Å². The van der Waals surface area contributed by atoms with Crippen LogP contribution in [0.15, 0.2) is 18.2 Å². The maximum Gasteiger partial charge on any atom is 0.225 e. The van der Waals surface area contributed by atoms with Crippen LogP contribution in [-0.4, -0.2) is 42.2 Å². The molecule has 1 fully saturated rings. The van der Waals surface area contributed by atoms with E-state index in [2.05, 4.69) is 10.2 Å². The number of halogens is 1. The number of hydrogen-bond acceptors (Lipinski definition) is 4. The van der Waals surface area contributed by atoms with Gasteiger partial charge in [0.25, 0.3) is 0 Å². The Bertz CT molecular complexity index is 488. The van der Waals surface area contributed by atoms with Crippen molar-refractivity contribution in [1.29, 1.82) is 0 Å². The number of nitrogens with zero attached hydrogens (tertiary/aromatic N) is 1. The van der Waals surface area contributed by atoms with Crippen molar-refractivity contribution >= 4 is 17.3 Å². The van der Waals surface area contributed by atoms with Gasteiger partial charge in [-0.2, -0.15) is 0 Å². The number of aliphatic hydroxyl groups is 1. The number of carbonyl (C=O) groups excluding carboxylic acids is 1. The summed E-state index contributed by atoms with van der Waals surface area (Å²) < 4.78 is 13.0. The summed E-state index contributed by atoms with van der Waals surface area (Å²) in [5.74, 6) is -0.192. The second-order valence-electron chi connectivity index (χ2n) is 5.50. The highest BCUT2D eigenvalue weighted by molar-refractivity contribution is 5.91. The summed E-state index contributed by atoms with van der Waals surface area (Å²) in [6, 6.07) is 4.15. The number of nitrogen functional groups attached to an aromatic ring is 1. The van der Waals surface area contributed by atoms with Crippen LogP contribution in [0.2, 0.25) is 0 Å². The first-order valence-corrected chi connectivity index (χ1v) is 7.26. The maximum absolute atomic E-state index is 13.0. The van der Waals surface area contributed by atoms with Gasteiger partial charge in [-0.25, -0.2) is 4.39 Å². The van der Waals surface area contributed by atoms with Crippen molar-refractivity contribution in [3.63, 3.8) is 0 Å². The predicted molar refractivity (Wildman–Crippen MR) is 80.3 cm³/mol. The number of nitrogens with two attached hydrogens (primary N) is 1. The van der Waals surface area contributed by atoms with E-state index in [9.17, 15) is 9.18 Å². The number of rotatable bonds is 5. The number of carbonyl (C=O) groups is 1. The molecule has 5 nitrogen and oxygen atoms in total. The normalized spacial score (nSPS) is 16.9. The van der Waals surface area contributed by atoms with E-state index >= 15 is 0 Å². The van der Waals surface area contributed by atoms with Gasteiger partial charge in [-0.15, -0.1) is 0 Å².